The summed E-state index contributed by atoms with van der Waals surface area (Å²) in [6, 6.07) is 18.4. The van der Waals surface area contributed by atoms with Crippen LogP contribution in [-0.4, -0.2) is 32.5 Å². The van der Waals surface area contributed by atoms with Gasteiger partial charge in [-0.2, -0.15) is 5.10 Å². The van der Waals surface area contributed by atoms with E-state index in [-0.39, 0.29) is 5.75 Å². The first-order chi connectivity index (χ1) is 17.2. The molecule has 36 heavy (non-hydrogen) atoms. The smallest absolute Gasteiger partial charge is 0.406 e. The van der Waals surface area contributed by atoms with Crippen LogP contribution in [0.2, 0.25) is 0 Å². The van der Waals surface area contributed by atoms with E-state index in [9.17, 15) is 13.2 Å². The Labute approximate surface area is 225 Å². The van der Waals surface area contributed by atoms with Crippen LogP contribution < -0.4 is 15.5 Å². The summed E-state index contributed by atoms with van der Waals surface area (Å²) < 4.78 is 44.0. The Bertz CT molecular complexity index is 1370. The van der Waals surface area contributed by atoms with Gasteiger partial charge in [-0.05, 0) is 86.0 Å². The van der Waals surface area contributed by atoms with Gasteiger partial charge in [0.15, 0.2) is 10.9 Å². The third-order valence-corrected chi connectivity index (χ3v) is 6.09. The summed E-state index contributed by atoms with van der Waals surface area (Å²) in [5.41, 5.74) is 5.66. The van der Waals surface area contributed by atoms with Gasteiger partial charge in [-0.15, -0.1) is 18.3 Å². The zero-order valence-electron chi connectivity index (χ0n) is 18.0. The Morgan fingerprint density at radius 1 is 1.00 bits per heavy atom. The maximum atomic E-state index is 12.3. The number of ether oxygens (including phenoxy) is 1. The standard InChI is InChI=1S/C23H15Br2F3N6OS/c24-18-2-1-3-19(25)20(18)31-22(36)32-30-12-14-4-6-15(7-5-14)21-29-13-34(33-21)16-8-10-17(11-9-16)35-23(26,27)28/h1-13H,(H2,31,32,36). The van der Waals surface area contributed by atoms with E-state index in [1.54, 1.807) is 6.21 Å². The molecule has 13 heteroatoms. The molecule has 0 saturated heterocycles. The molecule has 0 aliphatic rings. The van der Waals surface area contributed by atoms with Crippen molar-refractivity contribution in [3.05, 3.63) is 87.6 Å². The average molecular weight is 640 g/mol. The molecule has 4 aromatic rings. The van der Waals surface area contributed by atoms with E-state index in [1.165, 1.54) is 35.3 Å². The summed E-state index contributed by atoms with van der Waals surface area (Å²) >= 11 is 12.2. The SMILES string of the molecule is FC(F)(F)Oc1ccc(-n2cnc(-c3ccc(C=NNC(=S)Nc4c(Br)cccc4Br)cc3)n2)cc1. The average Bonchev–Trinajstić information content (AvgIpc) is 3.32. The number of nitrogens with zero attached hydrogens (tertiary/aromatic N) is 4. The van der Waals surface area contributed by atoms with Gasteiger partial charge in [0.05, 0.1) is 17.6 Å². The number of anilines is 1. The molecule has 0 bridgehead atoms. The Morgan fingerprint density at radius 2 is 1.67 bits per heavy atom. The lowest BCUT2D eigenvalue weighted by atomic mass is 10.1. The Hall–Kier alpha value is -3.29. The first-order valence-electron chi connectivity index (χ1n) is 10.1. The van der Waals surface area contributed by atoms with Crippen LogP contribution in [0.4, 0.5) is 18.9 Å². The third kappa shape index (κ3) is 6.89. The lowest BCUT2D eigenvalue weighted by molar-refractivity contribution is -0.274. The molecule has 0 atom stereocenters. The number of thiocarbonyl (C=S) groups is 1. The van der Waals surface area contributed by atoms with E-state index in [0.717, 1.165) is 25.8 Å². The molecular weight excluding hydrogens is 625 g/mol. The van der Waals surface area contributed by atoms with Gasteiger partial charge in [-0.3, -0.25) is 5.43 Å². The van der Waals surface area contributed by atoms with Gasteiger partial charge in [0.1, 0.15) is 12.1 Å². The molecule has 1 aromatic heterocycles. The number of hydrogen-bond donors (Lipinski definition) is 2. The second-order valence-electron chi connectivity index (χ2n) is 7.10. The zero-order chi connectivity index (χ0) is 25.7. The highest BCUT2D eigenvalue weighted by atomic mass is 79.9. The molecule has 4 rings (SSSR count). The van der Waals surface area contributed by atoms with Crippen molar-refractivity contribution in [2.45, 2.75) is 6.36 Å². The quantitative estimate of drug-likeness (QED) is 0.139. The molecule has 0 amide bonds. The predicted octanol–water partition coefficient (Wildman–Crippen LogP) is 6.68. The van der Waals surface area contributed by atoms with Crippen molar-refractivity contribution < 1.29 is 17.9 Å². The first-order valence-corrected chi connectivity index (χ1v) is 12.1. The first kappa shape index (κ1) is 25.8. The minimum atomic E-state index is -4.74. The van der Waals surface area contributed by atoms with E-state index < -0.39 is 6.36 Å². The normalized spacial score (nSPS) is 11.5. The highest BCUT2D eigenvalue weighted by molar-refractivity contribution is 9.11. The highest BCUT2D eigenvalue weighted by Crippen LogP contribution is 2.30. The molecule has 0 spiro atoms. The minimum Gasteiger partial charge on any atom is -0.406 e. The molecule has 7 nitrogen and oxygen atoms in total. The number of hydrazone groups is 1. The van der Waals surface area contributed by atoms with Crippen LogP contribution in [0.1, 0.15) is 5.56 Å². The van der Waals surface area contributed by atoms with Crippen molar-refractivity contribution in [3.8, 4) is 22.8 Å². The summed E-state index contributed by atoms with van der Waals surface area (Å²) in [6.07, 6.45) is -1.65. The number of para-hydroxylation sites is 1. The summed E-state index contributed by atoms with van der Waals surface area (Å²) in [7, 11) is 0. The van der Waals surface area contributed by atoms with Gasteiger partial charge in [0.2, 0.25) is 0 Å². The zero-order valence-corrected chi connectivity index (χ0v) is 22.0. The molecule has 0 saturated carbocycles. The monoisotopic (exact) mass is 638 g/mol. The second-order valence-corrected chi connectivity index (χ2v) is 9.21. The van der Waals surface area contributed by atoms with E-state index >= 15 is 0 Å². The summed E-state index contributed by atoms with van der Waals surface area (Å²) in [5, 5.41) is 11.9. The number of nitrogens with one attached hydrogen (secondary N) is 2. The van der Waals surface area contributed by atoms with Crippen molar-refractivity contribution in [2.75, 3.05) is 5.32 Å². The van der Waals surface area contributed by atoms with Gasteiger partial charge >= 0.3 is 6.36 Å². The summed E-state index contributed by atoms with van der Waals surface area (Å²) in [5.74, 6) is 0.146. The van der Waals surface area contributed by atoms with Crippen LogP contribution >= 0.6 is 44.1 Å². The van der Waals surface area contributed by atoms with Crippen LogP contribution in [-0.2, 0) is 0 Å². The van der Waals surface area contributed by atoms with Crippen molar-refractivity contribution in [1.29, 1.82) is 0 Å². The van der Waals surface area contributed by atoms with Crippen molar-refractivity contribution in [3.63, 3.8) is 0 Å². The van der Waals surface area contributed by atoms with Crippen molar-refractivity contribution in [1.82, 2.24) is 20.2 Å². The van der Waals surface area contributed by atoms with Crippen molar-refractivity contribution >= 4 is 61.1 Å². The van der Waals surface area contributed by atoms with E-state index in [0.29, 0.717) is 16.6 Å². The lowest BCUT2D eigenvalue weighted by Crippen LogP contribution is -2.24. The van der Waals surface area contributed by atoms with Gasteiger partial charge in [-0.25, -0.2) is 9.67 Å². The Morgan fingerprint density at radius 3 is 2.31 bits per heavy atom. The van der Waals surface area contributed by atoms with Crippen LogP contribution in [0.15, 0.2) is 87.1 Å². The van der Waals surface area contributed by atoms with Crippen LogP contribution in [0, 0.1) is 0 Å². The summed E-state index contributed by atoms with van der Waals surface area (Å²) in [4.78, 5) is 4.28. The van der Waals surface area contributed by atoms with Gasteiger partial charge < -0.3 is 10.1 Å². The molecule has 0 aliphatic heterocycles. The van der Waals surface area contributed by atoms with Gasteiger partial charge in [0.25, 0.3) is 0 Å². The second kappa shape index (κ2) is 11.2. The van der Waals surface area contributed by atoms with Gasteiger partial charge in [-0.1, -0.05) is 30.3 Å². The fourth-order valence-electron chi connectivity index (χ4n) is 2.96. The van der Waals surface area contributed by atoms with Crippen LogP contribution in [0.3, 0.4) is 0 Å². The Kier molecular flexibility index (Phi) is 8.01. The van der Waals surface area contributed by atoms with Gasteiger partial charge in [0, 0.05) is 14.5 Å². The lowest BCUT2D eigenvalue weighted by Gasteiger charge is -2.10. The molecule has 184 valence electrons. The number of aromatic nitrogens is 3. The summed E-state index contributed by atoms with van der Waals surface area (Å²) in [6.45, 7) is 0. The maximum absolute atomic E-state index is 12.3. The molecule has 0 fully saturated rings. The molecule has 1 heterocycles. The Balaban J connectivity index is 1.36. The number of hydrogen-bond acceptors (Lipinski definition) is 5. The molecule has 0 radical (unpaired) electrons. The molecule has 0 aliphatic carbocycles. The minimum absolute atomic E-state index is 0.310. The fraction of sp³-hybridized carbons (Fsp3) is 0.0435. The maximum Gasteiger partial charge on any atom is 0.573 e. The number of halogens is 5. The van der Waals surface area contributed by atoms with Crippen LogP contribution in [0.25, 0.3) is 17.1 Å². The van der Waals surface area contributed by atoms with E-state index in [2.05, 4.69) is 62.5 Å². The molecular formula is C23H15Br2F3N6OS. The van der Waals surface area contributed by atoms with E-state index in [4.69, 9.17) is 12.2 Å². The number of benzene rings is 3. The van der Waals surface area contributed by atoms with Crippen LogP contribution in [0.5, 0.6) is 5.75 Å². The molecule has 3 aromatic carbocycles. The number of alkyl halides is 3. The van der Waals surface area contributed by atoms with Crippen molar-refractivity contribution in [2.24, 2.45) is 5.10 Å². The topological polar surface area (TPSA) is 76.4 Å². The molecule has 0 unspecified atom stereocenters. The molecule has 2 N–H and O–H groups in total. The van der Waals surface area contributed by atoms with E-state index in [1.807, 2.05) is 42.5 Å². The predicted molar refractivity (Wildman–Crippen MR) is 142 cm³/mol. The largest absolute Gasteiger partial charge is 0.573 e. The third-order valence-electron chi connectivity index (χ3n) is 4.58. The highest BCUT2D eigenvalue weighted by Gasteiger charge is 2.31. The fourth-order valence-corrected chi connectivity index (χ4v) is 4.31. The number of rotatable bonds is 6.